The third kappa shape index (κ3) is 3.02. The fourth-order valence-corrected chi connectivity index (χ4v) is 2.53. The average molecular weight is 292 g/mol. The highest BCUT2D eigenvalue weighted by atomic mass is 35.5. The molecule has 2 aromatic carbocycles. The van der Waals surface area contributed by atoms with Crippen molar-refractivity contribution < 1.29 is 4.39 Å². The fraction of sp³-hybridized carbons (Fsp3) is 0.294. The van der Waals surface area contributed by atoms with Crippen molar-refractivity contribution in [1.82, 2.24) is 0 Å². The molecular formula is C17H19ClFN. The van der Waals surface area contributed by atoms with E-state index in [4.69, 9.17) is 17.3 Å². The molecule has 106 valence electrons. The van der Waals surface area contributed by atoms with Crippen LogP contribution in [-0.4, -0.2) is 0 Å². The molecule has 0 spiro atoms. The Labute approximate surface area is 124 Å². The molecule has 0 fully saturated rings. The predicted molar refractivity (Wildman–Crippen MR) is 82.6 cm³/mol. The summed E-state index contributed by atoms with van der Waals surface area (Å²) in [6, 6.07) is 12.0. The second kappa shape index (κ2) is 5.55. The van der Waals surface area contributed by atoms with Crippen LogP contribution in [0.2, 0.25) is 5.02 Å². The summed E-state index contributed by atoms with van der Waals surface area (Å²) in [7, 11) is 0. The molecule has 0 aliphatic carbocycles. The maximum absolute atomic E-state index is 14.1. The van der Waals surface area contributed by atoms with Gasteiger partial charge in [-0.3, -0.25) is 0 Å². The molecule has 0 aromatic heterocycles. The van der Waals surface area contributed by atoms with E-state index < -0.39 is 6.04 Å². The van der Waals surface area contributed by atoms with Gasteiger partial charge in [-0.2, -0.15) is 0 Å². The van der Waals surface area contributed by atoms with E-state index in [1.165, 1.54) is 6.07 Å². The van der Waals surface area contributed by atoms with Gasteiger partial charge in [0.25, 0.3) is 0 Å². The first-order valence-corrected chi connectivity index (χ1v) is 6.98. The number of rotatable bonds is 2. The summed E-state index contributed by atoms with van der Waals surface area (Å²) >= 11 is 5.79. The van der Waals surface area contributed by atoms with Crippen LogP contribution >= 0.6 is 11.6 Å². The van der Waals surface area contributed by atoms with E-state index in [2.05, 4.69) is 20.8 Å². The third-order valence-corrected chi connectivity index (χ3v) is 3.64. The first-order valence-electron chi connectivity index (χ1n) is 6.60. The molecule has 0 bridgehead atoms. The summed E-state index contributed by atoms with van der Waals surface area (Å²) in [5, 5.41) is 0.377. The van der Waals surface area contributed by atoms with Crippen LogP contribution in [0.4, 0.5) is 4.39 Å². The van der Waals surface area contributed by atoms with Crippen LogP contribution in [0, 0.1) is 5.82 Å². The highest BCUT2D eigenvalue weighted by Gasteiger charge is 2.23. The lowest BCUT2D eigenvalue weighted by Gasteiger charge is -2.26. The van der Waals surface area contributed by atoms with Crippen LogP contribution in [0.5, 0.6) is 0 Å². The largest absolute Gasteiger partial charge is 0.320 e. The summed E-state index contributed by atoms with van der Waals surface area (Å²) in [5.41, 5.74) is 8.77. The molecule has 20 heavy (non-hydrogen) atoms. The van der Waals surface area contributed by atoms with E-state index in [9.17, 15) is 4.39 Å². The van der Waals surface area contributed by atoms with Crippen molar-refractivity contribution in [2.24, 2.45) is 5.73 Å². The van der Waals surface area contributed by atoms with Gasteiger partial charge in [-0.25, -0.2) is 4.39 Å². The van der Waals surface area contributed by atoms with Gasteiger partial charge >= 0.3 is 0 Å². The Bertz CT molecular complexity index is 617. The topological polar surface area (TPSA) is 26.0 Å². The third-order valence-electron chi connectivity index (χ3n) is 3.40. The lowest BCUT2D eigenvalue weighted by molar-refractivity contribution is 0.568. The quantitative estimate of drug-likeness (QED) is 0.843. The summed E-state index contributed by atoms with van der Waals surface area (Å²) in [6.07, 6.45) is 0. The molecule has 2 N–H and O–H groups in total. The Morgan fingerprint density at radius 2 is 1.70 bits per heavy atom. The Hall–Kier alpha value is -1.38. The highest BCUT2D eigenvalue weighted by Crippen LogP contribution is 2.32. The van der Waals surface area contributed by atoms with Crippen molar-refractivity contribution in [1.29, 1.82) is 0 Å². The lowest BCUT2D eigenvalue weighted by atomic mass is 9.81. The molecule has 0 radical (unpaired) electrons. The van der Waals surface area contributed by atoms with E-state index >= 15 is 0 Å². The van der Waals surface area contributed by atoms with E-state index in [0.29, 0.717) is 10.6 Å². The molecular weight excluding hydrogens is 273 g/mol. The van der Waals surface area contributed by atoms with Gasteiger partial charge in [-0.05, 0) is 28.7 Å². The van der Waals surface area contributed by atoms with Gasteiger partial charge in [-0.15, -0.1) is 0 Å². The van der Waals surface area contributed by atoms with Crippen molar-refractivity contribution in [3.8, 4) is 0 Å². The van der Waals surface area contributed by atoms with Gasteiger partial charge in [0.2, 0.25) is 0 Å². The highest BCUT2D eigenvalue weighted by molar-refractivity contribution is 6.30. The number of hydrogen-bond acceptors (Lipinski definition) is 1. The first-order chi connectivity index (χ1) is 9.30. The summed E-state index contributed by atoms with van der Waals surface area (Å²) < 4.78 is 14.1. The SMILES string of the molecule is CC(C)(C)c1ccccc1C(N)c1ccc(Cl)cc1F. The van der Waals surface area contributed by atoms with Gasteiger partial charge in [0.15, 0.2) is 0 Å². The summed E-state index contributed by atoms with van der Waals surface area (Å²) in [5.74, 6) is -0.367. The zero-order chi connectivity index (χ0) is 14.9. The molecule has 0 amide bonds. The zero-order valence-corrected chi connectivity index (χ0v) is 12.7. The number of halogens is 2. The van der Waals surface area contributed by atoms with E-state index in [0.717, 1.165) is 11.1 Å². The van der Waals surface area contributed by atoms with Crippen LogP contribution in [0.25, 0.3) is 0 Å². The molecule has 0 heterocycles. The Balaban J connectivity index is 2.51. The van der Waals surface area contributed by atoms with Gasteiger partial charge in [0, 0.05) is 10.6 Å². The molecule has 0 aliphatic heterocycles. The Morgan fingerprint density at radius 1 is 1.05 bits per heavy atom. The van der Waals surface area contributed by atoms with Gasteiger partial charge in [0.05, 0.1) is 6.04 Å². The fourth-order valence-electron chi connectivity index (χ4n) is 2.37. The summed E-state index contributed by atoms with van der Waals surface area (Å²) in [6.45, 7) is 6.37. The monoisotopic (exact) mass is 291 g/mol. The van der Waals surface area contributed by atoms with Crippen LogP contribution < -0.4 is 5.73 Å². The van der Waals surface area contributed by atoms with Crippen molar-refractivity contribution in [2.75, 3.05) is 0 Å². The van der Waals surface area contributed by atoms with E-state index in [1.54, 1.807) is 12.1 Å². The summed E-state index contributed by atoms with van der Waals surface area (Å²) in [4.78, 5) is 0. The van der Waals surface area contributed by atoms with Crippen molar-refractivity contribution in [3.05, 3.63) is 70.0 Å². The maximum atomic E-state index is 14.1. The van der Waals surface area contributed by atoms with Crippen molar-refractivity contribution in [3.63, 3.8) is 0 Å². The van der Waals surface area contributed by atoms with Crippen molar-refractivity contribution in [2.45, 2.75) is 32.2 Å². The van der Waals surface area contributed by atoms with Gasteiger partial charge < -0.3 is 5.73 Å². The minimum Gasteiger partial charge on any atom is -0.320 e. The molecule has 2 rings (SSSR count). The second-order valence-electron chi connectivity index (χ2n) is 5.98. The van der Waals surface area contributed by atoms with E-state index in [1.807, 2.05) is 24.3 Å². The standard InChI is InChI=1S/C17H19ClFN/c1-17(2,3)14-7-5-4-6-12(14)16(20)13-9-8-11(18)10-15(13)19/h4-10,16H,20H2,1-3H3. The Kier molecular flexibility index (Phi) is 4.17. The smallest absolute Gasteiger partial charge is 0.129 e. The second-order valence-corrected chi connectivity index (χ2v) is 6.42. The van der Waals surface area contributed by atoms with Crippen LogP contribution in [0.1, 0.15) is 43.5 Å². The molecule has 1 unspecified atom stereocenters. The molecule has 0 saturated carbocycles. The number of nitrogens with two attached hydrogens (primary N) is 1. The van der Waals surface area contributed by atoms with Gasteiger partial charge in [0.1, 0.15) is 5.82 Å². The van der Waals surface area contributed by atoms with Crippen molar-refractivity contribution >= 4 is 11.6 Å². The predicted octanol–water partition coefficient (Wildman–Crippen LogP) is 4.82. The van der Waals surface area contributed by atoms with Crippen LogP contribution in [-0.2, 0) is 5.41 Å². The maximum Gasteiger partial charge on any atom is 0.129 e. The normalized spacial score (nSPS) is 13.3. The first kappa shape index (κ1) is 15.0. The molecule has 3 heteroatoms. The lowest BCUT2D eigenvalue weighted by Crippen LogP contribution is -2.21. The minimum absolute atomic E-state index is 0.0445. The van der Waals surface area contributed by atoms with Crippen LogP contribution in [0.15, 0.2) is 42.5 Å². The average Bonchev–Trinajstić information content (AvgIpc) is 2.37. The van der Waals surface area contributed by atoms with E-state index in [-0.39, 0.29) is 11.2 Å². The van der Waals surface area contributed by atoms with Crippen LogP contribution in [0.3, 0.4) is 0 Å². The molecule has 0 saturated heterocycles. The number of benzene rings is 2. The van der Waals surface area contributed by atoms with Gasteiger partial charge in [-0.1, -0.05) is 62.7 Å². The Morgan fingerprint density at radius 3 is 2.30 bits per heavy atom. The number of hydrogen-bond donors (Lipinski definition) is 1. The zero-order valence-electron chi connectivity index (χ0n) is 12.0. The molecule has 0 aliphatic rings. The molecule has 1 atom stereocenters. The molecule has 1 nitrogen and oxygen atoms in total. The molecule has 2 aromatic rings. The minimum atomic E-state index is -0.498.